The highest BCUT2D eigenvalue weighted by atomic mass is 16.5. The average Bonchev–Trinajstić information content (AvgIpc) is 2.43. The van der Waals surface area contributed by atoms with Gasteiger partial charge in [0.15, 0.2) is 0 Å². The summed E-state index contributed by atoms with van der Waals surface area (Å²) in [6.45, 7) is 4.15. The van der Waals surface area contributed by atoms with Crippen LogP contribution in [0, 0.1) is 19.3 Å². The van der Waals surface area contributed by atoms with Gasteiger partial charge in [-0.05, 0) is 43.9 Å². The van der Waals surface area contributed by atoms with Gasteiger partial charge in [0.1, 0.15) is 17.6 Å². The lowest BCUT2D eigenvalue weighted by Gasteiger charge is -2.49. The number of hydrogen-bond acceptors (Lipinski definition) is 2. The second-order valence-corrected chi connectivity index (χ2v) is 6.22. The molecule has 0 radical (unpaired) electrons. The van der Waals surface area contributed by atoms with Gasteiger partial charge in [-0.1, -0.05) is 31.4 Å². The van der Waals surface area contributed by atoms with Crippen molar-refractivity contribution in [3.63, 3.8) is 0 Å². The highest BCUT2D eigenvalue weighted by Gasteiger charge is 2.56. The zero-order chi connectivity index (χ0) is 13.5. The molecule has 1 atom stereocenters. The van der Waals surface area contributed by atoms with Crippen LogP contribution in [-0.4, -0.2) is 11.9 Å². The molecule has 1 spiro atoms. The summed E-state index contributed by atoms with van der Waals surface area (Å²) >= 11 is 0. The molecule has 2 aliphatic carbocycles. The zero-order valence-corrected chi connectivity index (χ0v) is 11.9. The lowest BCUT2D eigenvalue weighted by molar-refractivity contribution is -0.156. The Morgan fingerprint density at radius 3 is 2.58 bits per heavy atom. The predicted octanol–water partition coefficient (Wildman–Crippen LogP) is 3.97. The van der Waals surface area contributed by atoms with E-state index in [1.54, 1.807) is 0 Å². The van der Waals surface area contributed by atoms with Crippen molar-refractivity contribution in [1.29, 1.82) is 0 Å². The molecule has 3 rings (SSSR count). The minimum Gasteiger partial charge on any atom is -0.489 e. The van der Waals surface area contributed by atoms with Crippen molar-refractivity contribution in [3.05, 3.63) is 29.3 Å². The summed E-state index contributed by atoms with van der Waals surface area (Å²) in [6, 6.07) is 6.29. The van der Waals surface area contributed by atoms with Crippen LogP contribution in [0.3, 0.4) is 0 Å². The van der Waals surface area contributed by atoms with E-state index in [-0.39, 0.29) is 11.5 Å². The Morgan fingerprint density at radius 2 is 1.89 bits per heavy atom. The van der Waals surface area contributed by atoms with Crippen molar-refractivity contribution in [2.24, 2.45) is 5.41 Å². The topological polar surface area (TPSA) is 26.3 Å². The van der Waals surface area contributed by atoms with Crippen LogP contribution in [-0.2, 0) is 4.79 Å². The third-order valence-corrected chi connectivity index (χ3v) is 4.90. The highest BCUT2D eigenvalue weighted by Crippen LogP contribution is 2.50. The summed E-state index contributed by atoms with van der Waals surface area (Å²) in [5, 5.41) is 0. The van der Waals surface area contributed by atoms with E-state index in [1.165, 1.54) is 24.8 Å². The number of carbonyl (C=O) groups excluding carboxylic acids is 1. The first-order chi connectivity index (χ1) is 9.12. The van der Waals surface area contributed by atoms with E-state index < -0.39 is 0 Å². The van der Waals surface area contributed by atoms with E-state index in [0.29, 0.717) is 12.2 Å². The lowest BCUT2D eigenvalue weighted by atomic mass is 9.57. The van der Waals surface area contributed by atoms with Gasteiger partial charge in [0, 0.05) is 6.42 Å². The third-order valence-electron chi connectivity index (χ3n) is 4.90. The Bertz CT molecular complexity index is 498. The molecular weight excluding hydrogens is 236 g/mol. The molecule has 1 aromatic carbocycles. The zero-order valence-electron chi connectivity index (χ0n) is 11.9. The molecule has 2 saturated carbocycles. The molecule has 0 saturated heterocycles. The fourth-order valence-electron chi connectivity index (χ4n) is 3.54. The van der Waals surface area contributed by atoms with Crippen molar-refractivity contribution >= 4 is 5.78 Å². The molecule has 0 amide bonds. The molecule has 0 heterocycles. The third kappa shape index (κ3) is 2.07. The van der Waals surface area contributed by atoms with Gasteiger partial charge in [0.05, 0.1) is 5.41 Å². The monoisotopic (exact) mass is 258 g/mol. The molecule has 0 bridgehead atoms. The Hall–Kier alpha value is -1.31. The summed E-state index contributed by atoms with van der Waals surface area (Å²) in [5.41, 5.74) is 2.23. The molecule has 0 N–H and O–H groups in total. The van der Waals surface area contributed by atoms with Crippen LogP contribution in [0.4, 0.5) is 0 Å². The maximum absolute atomic E-state index is 12.1. The smallest absolute Gasteiger partial charge is 0.146 e. The molecule has 0 aliphatic heterocycles. The van der Waals surface area contributed by atoms with Crippen LogP contribution < -0.4 is 4.74 Å². The molecule has 2 aliphatic rings. The maximum atomic E-state index is 12.1. The Balaban J connectivity index is 1.80. The van der Waals surface area contributed by atoms with Crippen molar-refractivity contribution < 1.29 is 9.53 Å². The van der Waals surface area contributed by atoms with Crippen LogP contribution in [0.5, 0.6) is 5.75 Å². The summed E-state index contributed by atoms with van der Waals surface area (Å²) < 4.78 is 6.20. The number of ketones is 1. The second kappa shape index (κ2) is 4.66. The van der Waals surface area contributed by atoms with E-state index in [0.717, 1.165) is 24.2 Å². The van der Waals surface area contributed by atoms with Gasteiger partial charge in [0.25, 0.3) is 0 Å². The van der Waals surface area contributed by atoms with Gasteiger partial charge >= 0.3 is 0 Å². The first-order valence-corrected chi connectivity index (χ1v) is 7.39. The Morgan fingerprint density at radius 1 is 1.16 bits per heavy atom. The van der Waals surface area contributed by atoms with E-state index in [1.807, 2.05) is 0 Å². The van der Waals surface area contributed by atoms with Gasteiger partial charge in [-0.3, -0.25) is 4.79 Å². The van der Waals surface area contributed by atoms with Gasteiger partial charge in [-0.25, -0.2) is 0 Å². The second-order valence-electron chi connectivity index (χ2n) is 6.22. The van der Waals surface area contributed by atoms with Crippen molar-refractivity contribution in [2.75, 3.05) is 0 Å². The average molecular weight is 258 g/mol. The normalized spacial score (nSPS) is 25.2. The number of hydrogen-bond donors (Lipinski definition) is 0. The molecule has 2 heteroatoms. The summed E-state index contributed by atoms with van der Waals surface area (Å²) in [7, 11) is 0. The molecule has 2 nitrogen and oxygen atoms in total. The summed E-state index contributed by atoms with van der Waals surface area (Å²) in [6.07, 6.45) is 6.40. The Kier molecular flexibility index (Phi) is 3.12. The minimum absolute atomic E-state index is 0.112. The van der Waals surface area contributed by atoms with Crippen LogP contribution in [0.15, 0.2) is 18.2 Å². The maximum Gasteiger partial charge on any atom is 0.146 e. The number of benzene rings is 1. The number of carbonyl (C=O) groups is 1. The molecular formula is C17H22O2. The van der Waals surface area contributed by atoms with E-state index in [9.17, 15) is 4.79 Å². The first kappa shape index (κ1) is 12.7. The van der Waals surface area contributed by atoms with Crippen molar-refractivity contribution in [1.82, 2.24) is 0 Å². The summed E-state index contributed by atoms with van der Waals surface area (Å²) in [5.74, 6) is 1.39. The number of ether oxygens (including phenoxy) is 1. The number of aryl methyl sites for hydroxylation is 2. The standard InChI is InChI=1S/C17H22O2/c1-12-6-7-13(2)14(10-12)19-16-11-15(18)17(16)8-4-3-5-9-17/h6-7,10,16H,3-5,8-9,11H2,1-2H3. The predicted molar refractivity (Wildman–Crippen MR) is 75.5 cm³/mol. The van der Waals surface area contributed by atoms with Gasteiger partial charge in [-0.2, -0.15) is 0 Å². The van der Waals surface area contributed by atoms with E-state index >= 15 is 0 Å². The molecule has 19 heavy (non-hydrogen) atoms. The van der Waals surface area contributed by atoms with Crippen LogP contribution >= 0.6 is 0 Å². The largest absolute Gasteiger partial charge is 0.489 e. The lowest BCUT2D eigenvalue weighted by Crippen LogP contribution is -2.57. The van der Waals surface area contributed by atoms with Crippen LogP contribution in [0.25, 0.3) is 0 Å². The molecule has 2 fully saturated rings. The van der Waals surface area contributed by atoms with Gasteiger partial charge in [-0.15, -0.1) is 0 Å². The quantitative estimate of drug-likeness (QED) is 0.802. The van der Waals surface area contributed by atoms with E-state index in [2.05, 4.69) is 32.0 Å². The molecule has 102 valence electrons. The number of rotatable bonds is 2. The van der Waals surface area contributed by atoms with Crippen LogP contribution in [0.2, 0.25) is 0 Å². The highest BCUT2D eigenvalue weighted by molar-refractivity contribution is 5.92. The van der Waals surface area contributed by atoms with Crippen LogP contribution in [0.1, 0.15) is 49.7 Å². The fourth-order valence-corrected chi connectivity index (χ4v) is 3.54. The molecule has 1 aromatic rings. The van der Waals surface area contributed by atoms with Crippen molar-refractivity contribution in [2.45, 2.75) is 58.5 Å². The van der Waals surface area contributed by atoms with E-state index in [4.69, 9.17) is 4.74 Å². The van der Waals surface area contributed by atoms with Gasteiger partial charge in [0.2, 0.25) is 0 Å². The Labute approximate surface area is 115 Å². The SMILES string of the molecule is Cc1ccc(C)c(OC2CC(=O)C23CCCCC3)c1. The minimum atomic E-state index is -0.144. The first-order valence-electron chi connectivity index (χ1n) is 7.39. The van der Waals surface area contributed by atoms with Gasteiger partial charge < -0.3 is 4.74 Å². The van der Waals surface area contributed by atoms with Crippen molar-refractivity contribution in [3.8, 4) is 5.75 Å². The molecule has 0 aromatic heterocycles. The summed E-state index contributed by atoms with van der Waals surface area (Å²) in [4.78, 5) is 12.1. The number of Topliss-reactive ketones (excluding diaryl/α,β-unsaturated/α-hetero) is 1. The fraction of sp³-hybridized carbons (Fsp3) is 0.588. The molecule has 1 unspecified atom stereocenters.